The lowest BCUT2D eigenvalue weighted by molar-refractivity contribution is 1.06. The van der Waals surface area contributed by atoms with Gasteiger partial charge in [0.1, 0.15) is 0 Å². The maximum Gasteiger partial charge on any atom is 0.264 e. The third kappa shape index (κ3) is 4.29. The minimum atomic E-state index is 0.0125. The molecule has 2 aromatic heterocycles. The average molecular weight is 632 g/mol. The summed E-state index contributed by atoms with van der Waals surface area (Å²) in [6.07, 6.45) is 3.90. The average Bonchev–Trinajstić information content (AvgIpc) is 3.54. The molecule has 0 bridgehead atoms. The minimum absolute atomic E-state index is 0.0125. The highest BCUT2D eigenvalue weighted by Gasteiger charge is 2.17. The predicted molar refractivity (Wildman–Crippen MR) is 208 cm³/mol. The molecule has 0 saturated carbocycles. The molecule has 0 saturated heterocycles. The third-order valence-electron chi connectivity index (χ3n) is 9.52. The van der Waals surface area contributed by atoms with Crippen molar-refractivity contribution in [1.82, 2.24) is 4.57 Å². The van der Waals surface area contributed by atoms with Crippen molar-refractivity contribution < 1.29 is 0 Å². The molecule has 9 rings (SSSR count). The molecule has 9 aromatic rings. The lowest BCUT2D eigenvalue weighted by Gasteiger charge is -2.13. The quantitative estimate of drug-likeness (QED) is 0.177. The van der Waals surface area contributed by atoms with Gasteiger partial charge in [-0.25, -0.2) is 0 Å². The Morgan fingerprint density at radius 2 is 1.19 bits per heavy atom. The highest BCUT2D eigenvalue weighted by molar-refractivity contribution is 7.26. The van der Waals surface area contributed by atoms with Crippen LogP contribution in [0.4, 0.5) is 0 Å². The van der Waals surface area contributed by atoms with E-state index in [0.717, 1.165) is 74.8 Å². The minimum Gasteiger partial charge on any atom is -0.276 e. The molecule has 0 aliphatic heterocycles. The number of pyridine rings is 1. The summed E-state index contributed by atoms with van der Waals surface area (Å²) in [7, 11) is 0. The topological polar surface area (TPSA) is 22.0 Å². The van der Waals surface area contributed by atoms with Crippen molar-refractivity contribution in [3.63, 3.8) is 0 Å². The van der Waals surface area contributed by atoms with E-state index in [1.807, 2.05) is 41.0 Å². The van der Waals surface area contributed by atoms with Gasteiger partial charge in [-0.2, -0.15) is 0 Å². The van der Waals surface area contributed by atoms with Crippen LogP contribution in [-0.2, 0) is 0 Å². The summed E-state index contributed by atoms with van der Waals surface area (Å²) in [5.41, 5.74) is 6.27. The Labute approximate surface area is 281 Å². The molecule has 0 spiro atoms. The van der Waals surface area contributed by atoms with Crippen molar-refractivity contribution in [1.29, 1.82) is 0 Å². The normalized spacial score (nSPS) is 12.1. The number of fused-ring (bicyclic) bond motifs is 8. The summed E-state index contributed by atoms with van der Waals surface area (Å²) in [5.74, 6) is 0. The molecule has 7 aromatic carbocycles. The summed E-state index contributed by atoms with van der Waals surface area (Å²) in [4.78, 5) is 14.2. The first-order valence-corrected chi connectivity index (χ1v) is 16.8. The van der Waals surface area contributed by atoms with Gasteiger partial charge in [-0.1, -0.05) is 128 Å². The van der Waals surface area contributed by atoms with Gasteiger partial charge in [0.05, 0.1) is 15.6 Å². The van der Waals surface area contributed by atoms with E-state index in [1.165, 1.54) is 16.2 Å². The Balaban J connectivity index is 1.15. The van der Waals surface area contributed by atoms with Gasteiger partial charge in [-0.05, 0) is 90.6 Å². The second-order valence-corrected chi connectivity index (χ2v) is 13.2. The molecule has 0 N–H and O–H groups in total. The number of allylic oxidation sites excluding steroid dienone is 1. The fourth-order valence-corrected chi connectivity index (χ4v) is 8.47. The number of rotatable bonds is 4. The van der Waals surface area contributed by atoms with Crippen LogP contribution in [0, 0.1) is 0 Å². The van der Waals surface area contributed by atoms with Gasteiger partial charge in [0.25, 0.3) is 5.56 Å². The van der Waals surface area contributed by atoms with Crippen LogP contribution < -0.4 is 16.0 Å². The Bertz CT molecular complexity index is 2950. The van der Waals surface area contributed by atoms with Crippen LogP contribution >= 0.6 is 11.3 Å². The Kier molecular flexibility index (Phi) is 6.49. The van der Waals surface area contributed by atoms with Crippen molar-refractivity contribution >= 4 is 76.6 Å². The largest absolute Gasteiger partial charge is 0.276 e. The Morgan fingerprint density at radius 3 is 1.98 bits per heavy atom. The fraction of sp³-hybridized carbons (Fsp3) is 0. The van der Waals surface area contributed by atoms with Crippen LogP contribution in [0.5, 0.6) is 0 Å². The van der Waals surface area contributed by atoms with Gasteiger partial charge in [0.2, 0.25) is 0 Å². The van der Waals surface area contributed by atoms with Gasteiger partial charge >= 0.3 is 0 Å². The first-order valence-electron chi connectivity index (χ1n) is 16.0. The Hall–Kier alpha value is -6.03. The molecule has 226 valence electrons. The van der Waals surface area contributed by atoms with Gasteiger partial charge < -0.3 is 0 Å². The second-order valence-electron chi connectivity index (χ2n) is 12.2. The standard InChI is InChI=1S/C45H29NOS/c1-3-11-34-28(2)35-14-4-5-15-36(35)37-25-22-32(27-40(34)37)31-13-10-12-30(26-31)29-20-23-33(24-21-29)46-41-18-8-6-16-38(41)44-43(45(46)47)39-17-7-9-19-42(39)48-44/h3-27H,1-2H2/b34-11+. The van der Waals surface area contributed by atoms with E-state index in [4.69, 9.17) is 0 Å². The fourth-order valence-electron chi connectivity index (χ4n) is 7.25. The van der Waals surface area contributed by atoms with Crippen molar-refractivity contribution in [2.45, 2.75) is 0 Å². The van der Waals surface area contributed by atoms with E-state index < -0.39 is 0 Å². The smallest absolute Gasteiger partial charge is 0.264 e. The number of para-hydroxylation sites is 1. The molecule has 0 radical (unpaired) electrons. The number of nitrogens with zero attached hydrogens (tertiary/aromatic N) is 1. The highest BCUT2D eigenvalue weighted by atomic mass is 32.1. The number of aromatic nitrogens is 1. The lowest BCUT2D eigenvalue weighted by Crippen LogP contribution is -2.24. The maximum atomic E-state index is 14.2. The molecular weight excluding hydrogens is 603 g/mol. The van der Waals surface area contributed by atoms with Gasteiger partial charge in [-0.15, -0.1) is 11.3 Å². The van der Waals surface area contributed by atoms with Crippen LogP contribution in [0.15, 0.2) is 157 Å². The van der Waals surface area contributed by atoms with Crippen LogP contribution in [0.3, 0.4) is 0 Å². The van der Waals surface area contributed by atoms with E-state index in [0.29, 0.717) is 0 Å². The second kappa shape index (κ2) is 11.0. The summed E-state index contributed by atoms with van der Waals surface area (Å²) in [6, 6.07) is 48.6. The lowest BCUT2D eigenvalue weighted by atomic mass is 9.93. The zero-order valence-corrected chi connectivity index (χ0v) is 26.9. The molecule has 3 heteroatoms. The molecule has 0 amide bonds. The monoisotopic (exact) mass is 631 g/mol. The molecule has 0 unspecified atom stereocenters. The van der Waals surface area contributed by atoms with Crippen molar-refractivity contribution in [2.75, 3.05) is 0 Å². The zero-order chi connectivity index (χ0) is 32.4. The molecule has 0 aliphatic carbocycles. The van der Waals surface area contributed by atoms with Crippen LogP contribution in [-0.4, -0.2) is 4.57 Å². The number of hydrogen-bond donors (Lipinski definition) is 0. The highest BCUT2D eigenvalue weighted by Crippen LogP contribution is 2.37. The summed E-state index contributed by atoms with van der Waals surface area (Å²) in [6.45, 7) is 8.43. The Morgan fingerprint density at radius 1 is 0.562 bits per heavy atom. The van der Waals surface area contributed by atoms with Gasteiger partial charge in [0.15, 0.2) is 0 Å². The van der Waals surface area contributed by atoms with Crippen LogP contribution in [0.2, 0.25) is 0 Å². The van der Waals surface area contributed by atoms with Crippen LogP contribution in [0.25, 0.3) is 93.2 Å². The summed E-state index contributed by atoms with van der Waals surface area (Å²) < 4.78 is 4.04. The molecular formula is C45H29NOS. The molecule has 0 aliphatic rings. The molecule has 0 fully saturated rings. The van der Waals surface area contributed by atoms with Crippen molar-refractivity contribution in [3.05, 3.63) is 173 Å². The summed E-state index contributed by atoms with van der Waals surface area (Å²) in [5, 5.41) is 9.75. The van der Waals surface area contributed by atoms with E-state index in [2.05, 4.69) is 128 Å². The SMILES string of the molecule is C=C/C=c1\c(=C)c2ccccc2c2ccc(-c3cccc(-c4ccc(-n5c(=O)c6c7ccccc7sc6c6ccccc65)cc4)c3)cc12. The van der Waals surface area contributed by atoms with E-state index in [9.17, 15) is 4.79 Å². The van der Waals surface area contributed by atoms with Crippen molar-refractivity contribution in [2.24, 2.45) is 0 Å². The predicted octanol–water partition coefficient (Wildman–Crippen LogP) is 10.4. The van der Waals surface area contributed by atoms with Gasteiger partial charge in [-0.3, -0.25) is 9.36 Å². The first kappa shape index (κ1) is 28.2. The van der Waals surface area contributed by atoms with E-state index in [1.54, 1.807) is 11.3 Å². The van der Waals surface area contributed by atoms with E-state index >= 15 is 0 Å². The van der Waals surface area contributed by atoms with Crippen LogP contribution in [0.1, 0.15) is 0 Å². The molecule has 2 nitrogen and oxygen atoms in total. The van der Waals surface area contributed by atoms with E-state index in [-0.39, 0.29) is 5.56 Å². The number of benzene rings is 7. The van der Waals surface area contributed by atoms with Gasteiger partial charge in [0, 0.05) is 21.2 Å². The third-order valence-corrected chi connectivity index (χ3v) is 10.7. The van der Waals surface area contributed by atoms with Crippen molar-refractivity contribution in [3.8, 4) is 27.9 Å². The molecule has 0 atom stereocenters. The number of thiophene rings is 1. The molecule has 48 heavy (non-hydrogen) atoms. The first-order chi connectivity index (χ1) is 23.6. The number of hydrogen-bond acceptors (Lipinski definition) is 2. The zero-order valence-electron chi connectivity index (χ0n) is 26.1. The maximum absolute atomic E-state index is 14.2. The summed E-state index contributed by atoms with van der Waals surface area (Å²) >= 11 is 1.69. The molecule has 2 heterocycles.